The summed E-state index contributed by atoms with van der Waals surface area (Å²) in [5, 5.41) is 3.06. The van der Waals surface area contributed by atoms with E-state index in [4.69, 9.17) is 18.8 Å². The minimum atomic E-state index is -2.25. The lowest BCUT2D eigenvalue weighted by Gasteiger charge is -2.21. The summed E-state index contributed by atoms with van der Waals surface area (Å²) >= 11 is 1.63. The van der Waals surface area contributed by atoms with Gasteiger partial charge in [-0.15, -0.1) is 11.3 Å². The molecular weight excluding hydrogens is 717 g/mol. The van der Waals surface area contributed by atoms with E-state index in [1.54, 1.807) is 23.5 Å². The lowest BCUT2D eigenvalue weighted by Crippen LogP contribution is -2.03. The summed E-state index contributed by atoms with van der Waals surface area (Å²) < 4.78 is 33.7. The molecule has 0 amide bonds. The Morgan fingerprint density at radius 2 is 1.40 bits per heavy atom. The lowest BCUT2D eigenvalue weighted by atomic mass is 9.84. The Labute approximate surface area is 342 Å². The number of hydrogen-bond donors (Lipinski definition) is 0. The first-order valence-electron chi connectivity index (χ1n) is 21.2. The molecule has 5 aromatic carbocycles. The third-order valence-electron chi connectivity index (χ3n) is 10.8. The smallest absolute Gasteiger partial charge is 0.221 e. The van der Waals surface area contributed by atoms with Crippen molar-refractivity contribution in [3.63, 3.8) is 0 Å². The van der Waals surface area contributed by atoms with Gasteiger partial charge in [-0.05, 0) is 100 Å². The van der Waals surface area contributed by atoms with Crippen molar-refractivity contribution in [2.75, 3.05) is 0 Å². The summed E-state index contributed by atoms with van der Waals surface area (Å²) in [5.74, 6) is 2.01. The maximum Gasteiger partial charge on any atom is 0.221 e. The van der Waals surface area contributed by atoms with Crippen LogP contribution in [0.5, 0.6) is 11.6 Å². The fraction of sp³-hybridized carbons (Fsp3) is 0.196. The number of ether oxygens (including phenoxy) is 1. The lowest BCUT2D eigenvalue weighted by molar-refractivity contribution is 0.471. The zero-order chi connectivity index (χ0) is 41.9. The topological polar surface area (TPSA) is 52.8 Å². The number of aryl methyl sites for hydroxylation is 1. The number of fused-ring (bicyclic) bond motifs is 4. The van der Waals surface area contributed by atoms with Crippen molar-refractivity contribution in [3.05, 3.63) is 156 Å². The molecule has 6 heteroatoms. The van der Waals surface area contributed by atoms with Crippen LogP contribution in [-0.2, 0) is 0 Å². The molecule has 282 valence electrons. The van der Waals surface area contributed by atoms with Crippen LogP contribution in [0.4, 0.5) is 0 Å². The Hall–Kier alpha value is -6.11. The van der Waals surface area contributed by atoms with Crippen LogP contribution >= 0.6 is 11.3 Å². The molecule has 5 nitrogen and oxygen atoms in total. The molecule has 0 N–H and O–H groups in total. The minimum absolute atomic E-state index is 0.189. The average Bonchev–Trinajstić information content (AvgIpc) is 3.82. The SMILES string of the molecule is [2H]C([2H])([2H])c1ccc(-c2cc(Oc3ccc4c5ccccc5n(-c5cccc(-c6ccccc6)c5)c4n3)c3sc(-c4c(C(C)C)cc(C(C)C)cc4C(C)C)nc3c2)nc1. The summed E-state index contributed by atoms with van der Waals surface area (Å²) in [6.45, 7) is 11.2. The molecule has 0 unspecified atom stereocenters. The Kier molecular flexibility index (Phi) is 8.56. The molecule has 4 heterocycles. The third-order valence-corrected chi connectivity index (χ3v) is 11.9. The number of thiazole rings is 1. The molecule has 0 spiro atoms. The number of rotatable bonds is 9. The summed E-state index contributed by atoms with van der Waals surface area (Å²) in [6.07, 6.45) is 1.43. The summed E-state index contributed by atoms with van der Waals surface area (Å²) in [4.78, 5) is 15.2. The second kappa shape index (κ2) is 14.8. The highest BCUT2D eigenvalue weighted by atomic mass is 32.1. The Morgan fingerprint density at radius 1 is 0.649 bits per heavy atom. The van der Waals surface area contributed by atoms with Gasteiger partial charge in [-0.2, -0.15) is 4.98 Å². The maximum atomic E-state index is 7.90. The van der Waals surface area contributed by atoms with Gasteiger partial charge in [-0.1, -0.05) is 120 Å². The van der Waals surface area contributed by atoms with Crippen LogP contribution in [0.25, 0.3) is 70.8 Å². The van der Waals surface area contributed by atoms with Crippen molar-refractivity contribution >= 4 is 43.5 Å². The van der Waals surface area contributed by atoms with Gasteiger partial charge in [-0.25, -0.2) is 4.98 Å². The van der Waals surface area contributed by atoms with Gasteiger partial charge >= 0.3 is 0 Å². The van der Waals surface area contributed by atoms with Crippen LogP contribution < -0.4 is 4.74 Å². The fourth-order valence-corrected chi connectivity index (χ4v) is 8.89. The molecule has 0 bridgehead atoms. The first-order chi connectivity index (χ1) is 28.8. The van der Waals surface area contributed by atoms with Crippen LogP contribution in [0.3, 0.4) is 0 Å². The number of para-hydroxylation sites is 1. The van der Waals surface area contributed by atoms with Crippen LogP contribution in [-0.4, -0.2) is 19.5 Å². The molecular formula is C51H46N4OS. The van der Waals surface area contributed by atoms with Crippen LogP contribution in [0.2, 0.25) is 0 Å². The number of hydrogen-bond acceptors (Lipinski definition) is 5. The molecule has 9 aromatic rings. The van der Waals surface area contributed by atoms with E-state index < -0.39 is 6.85 Å². The second-order valence-electron chi connectivity index (χ2n) is 15.7. The molecule has 0 saturated heterocycles. The molecule has 0 aliphatic rings. The van der Waals surface area contributed by atoms with E-state index in [9.17, 15) is 0 Å². The van der Waals surface area contributed by atoms with E-state index in [0.717, 1.165) is 59.5 Å². The monoisotopic (exact) mass is 765 g/mol. The normalized spacial score (nSPS) is 12.9. The largest absolute Gasteiger partial charge is 0.437 e. The van der Waals surface area contributed by atoms with Gasteiger partial charge in [0.1, 0.15) is 16.4 Å². The molecule has 0 aliphatic carbocycles. The Morgan fingerprint density at radius 3 is 2.12 bits per heavy atom. The van der Waals surface area contributed by atoms with Crippen LogP contribution in [0.1, 0.15) is 85.7 Å². The van der Waals surface area contributed by atoms with Crippen molar-refractivity contribution < 1.29 is 8.85 Å². The Balaban J connectivity index is 1.23. The Bertz CT molecular complexity index is 3010. The minimum Gasteiger partial charge on any atom is -0.437 e. The zero-order valence-corrected chi connectivity index (χ0v) is 33.9. The molecule has 0 atom stereocenters. The van der Waals surface area contributed by atoms with Crippen LogP contribution in [0.15, 0.2) is 134 Å². The second-order valence-corrected chi connectivity index (χ2v) is 16.7. The first kappa shape index (κ1) is 33.1. The van der Waals surface area contributed by atoms with Gasteiger partial charge < -0.3 is 4.74 Å². The van der Waals surface area contributed by atoms with Gasteiger partial charge in [0.05, 0.1) is 21.4 Å². The van der Waals surface area contributed by atoms with Crippen molar-refractivity contribution in [2.24, 2.45) is 0 Å². The van der Waals surface area contributed by atoms with Crippen molar-refractivity contribution in [2.45, 2.75) is 66.1 Å². The van der Waals surface area contributed by atoms with E-state index >= 15 is 0 Å². The predicted molar refractivity (Wildman–Crippen MR) is 239 cm³/mol. The van der Waals surface area contributed by atoms with Gasteiger partial charge in [0.2, 0.25) is 5.88 Å². The summed E-state index contributed by atoms with van der Waals surface area (Å²) in [5.41, 5.74) is 12.5. The van der Waals surface area contributed by atoms with Gasteiger partial charge in [0.25, 0.3) is 0 Å². The average molecular weight is 766 g/mol. The quantitative estimate of drug-likeness (QED) is 0.147. The number of benzene rings is 5. The van der Waals surface area contributed by atoms with E-state index in [1.165, 1.54) is 28.5 Å². The molecule has 0 saturated carbocycles. The van der Waals surface area contributed by atoms with E-state index in [0.29, 0.717) is 23.2 Å². The van der Waals surface area contributed by atoms with Crippen LogP contribution in [0, 0.1) is 6.85 Å². The number of pyridine rings is 2. The van der Waals surface area contributed by atoms with Crippen molar-refractivity contribution in [3.8, 4) is 50.3 Å². The molecule has 0 aliphatic heterocycles. The number of aromatic nitrogens is 4. The molecule has 57 heavy (non-hydrogen) atoms. The van der Waals surface area contributed by atoms with Crippen molar-refractivity contribution in [1.29, 1.82) is 0 Å². The third kappa shape index (κ3) is 6.78. The highest BCUT2D eigenvalue weighted by molar-refractivity contribution is 7.22. The van der Waals surface area contributed by atoms with E-state index in [2.05, 4.69) is 142 Å². The first-order valence-corrected chi connectivity index (χ1v) is 20.5. The van der Waals surface area contributed by atoms with Gasteiger partial charge in [0, 0.05) is 44.0 Å². The fourth-order valence-electron chi connectivity index (χ4n) is 7.81. The highest BCUT2D eigenvalue weighted by Gasteiger charge is 2.24. The van der Waals surface area contributed by atoms with Gasteiger partial charge in [0.15, 0.2) is 0 Å². The summed E-state index contributed by atoms with van der Waals surface area (Å²) in [6, 6.07) is 43.4. The maximum absolute atomic E-state index is 7.90. The van der Waals surface area contributed by atoms with E-state index in [-0.39, 0.29) is 17.4 Å². The standard InChI is InChI=1S/C51H46N4OS/c1-30(2)36-25-41(31(3)4)48(42(26-36)32(5)6)51-53-44-27-37(43-22-20-33(7)29-52-43)28-46(49(44)57-51)56-47-23-21-40-39-18-11-12-19-45(39)55(50(40)54-47)38-17-13-16-35(24-38)34-14-9-8-10-15-34/h8-32H,1-7H3/i7D3. The highest BCUT2D eigenvalue weighted by Crippen LogP contribution is 2.46. The molecule has 0 fully saturated rings. The predicted octanol–water partition coefficient (Wildman–Crippen LogP) is 14.7. The molecule has 4 aromatic heterocycles. The summed E-state index contributed by atoms with van der Waals surface area (Å²) in [7, 11) is 0. The van der Waals surface area contributed by atoms with E-state index in [1.807, 2.05) is 24.3 Å². The zero-order valence-electron chi connectivity index (χ0n) is 36.0. The van der Waals surface area contributed by atoms with Gasteiger partial charge in [-0.3, -0.25) is 9.55 Å². The molecule has 9 rings (SSSR count). The van der Waals surface area contributed by atoms with Crippen molar-refractivity contribution in [1.82, 2.24) is 19.5 Å². The molecule has 0 radical (unpaired) electrons. The number of nitrogens with zero attached hydrogens (tertiary/aromatic N) is 4.